The number of piperidine rings is 1. The van der Waals surface area contributed by atoms with Crippen LogP contribution < -0.4 is 5.32 Å². The van der Waals surface area contributed by atoms with Gasteiger partial charge in [0.15, 0.2) is 0 Å². The van der Waals surface area contributed by atoms with Gasteiger partial charge in [0.2, 0.25) is 0 Å². The summed E-state index contributed by atoms with van der Waals surface area (Å²) < 4.78 is 0. The monoisotopic (exact) mass is 254 g/mol. The lowest BCUT2D eigenvalue weighted by Gasteiger charge is -2.36. The van der Waals surface area contributed by atoms with Gasteiger partial charge in [-0.15, -0.1) is 0 Å². The quantitative estimate of drug-likeness (QED) is 0.832. The zero-order valence-electron chi connectivity index (χ0n) is 10.9. The van der Waals surface area contributed by atoms with Crippen LogP contribution in [-0.2, 0) is 0 Å². The van der Waals surface area contributed by atoms with Crippen molar-refractivity contribution < 1.29 is 0 Å². The van der Waals surface area contributed by atoms with E-state index in [1.54, 1.807) is 0 Å². The normalized spacial score (nSPS) is 36.0. The summed E-state index contributed by atoms with van der Waals surface area (Å²) in [7, 11) is 0. The smallest absolute Gasteiger partial charge is 0.0111 e. The zero-order valence-corrected chi connectivity index (χ0v) is 11.7. The summed E-state index contributed by atoms with van der Waals surface area (Å²) in [6.07, 6.45) is 8.59. The van der Waals surface area contributed by atoms with Crippen LogP contribution in [-0.4, -0.2) is 48.1 Å². The predicted octanol–water partition coefficient (Wildman–Crippen LogP) is 2.35. The van der Waals surface area contributed by atoms with E-state index in [-0.39, 0.29) is 0 Å². The Morgan fingerprint density at radius 2 is 1.94 bits per heavy atom. The highest BCUT2D eigenvalue weighted by molar-refractivity contribution is 7.99. The lowest BCUT2D eigenvalue weighted by atomic mass is 9.96. The van der Waals surface area contributed by atoms with Crippen LogP contribution in [0.4, 0.5) is 0 Å². The lowest BCUT2D eigenvalue weighted by Crippen LogP contribution is -2.46. The third kappa shape index (κ3) is 3.18. The number of nitrogens with zero attached hydrogens (tertiary/aromatic N) is 1. The molecule has 3 aliphatic heterocycles. The van der Waals surface area contributed by atoms with Crippen LogP contribution in [0.15, 0.2) is 0 Å². The molecule has 0 aromatic heterocycles. The number of thioether (sulfide) groups is 1. The Morgan fingerprint density at radius 1 is 1.06 bits per heavy atom. The van der Waals surface area contributed by atoms with Crippen molar-refractivity contribution in [3.05, 3.63) is 0 Å². The predicted molar refractivity (Wildman–Crippen MR) is 75.7 cm³/mol. The second-order valence-corrected chi connectivity index (χ2v) is 7.24. The Kier molecular flexibility index (Phi) is 4.30. The topological polar surface area (TPSA) is 15.3 Å². The van der Waals surface area contributed by atoms with Crippen LogP contribution in [0.1, 0.15) is 38.5 Å². The molecule has 0 aromatic carbocycles. The van der Waals surface area contributed by atoms with Crippen molar-refractivity contribution in [1.29, 1.82) is 0 Å². The molecule has 0 saturated carbocycles. The molecule has 0 aromatic rings. The zero-order chi connectivity index (χ0) is 11.5. The summed E-state index contributed by atoms with van der Waals surface area (Å²) in [5.74, 6) is 3.76. The summed E-state index contributed by atoms with van der Waals surface area (Å²) in [6, 6.07) is 1.74. The van der Waals surface area contributed by atoms with Gasteiger partial charge in [-0.2, -0.15) is 11.8 Å². The van der Waals surface area contributed by atoms with Gasteiger partial charge < -0.3 is 10.2 Å². The van der Waals surface area contributed by atoms with Crippen molar-refractivity contribution in [2.75, 3.05) is 31.1 Å². The molecule has 98 valence electrons. The molecule has 0 radical (unpaired) electrons. The van der Waals surface area contributed by atoms with E-state index in [0.29, 0.717) is 0 Å². The highest BCUT2D eigenvalue weighted by Crippen LogP contribution is 2.27. The summed E-state index contributed by atoms with van der Waals surface area (Å²) in [4.78, 5) is 2.72. The Morgan fingerprint density at radius 3 is 2.82 bits per heavy atom. The lowest BCUT2D eigenvalue weighted by molar-refractivity contribution is 0.164. The molecule has 3 heterocycles. The van der Waals surface area contributed by atoms with Gasteiger partial charge in [-0.05, 0) is 75.6 Å². The molecule has 0 aliphatic carbocycles. The van der Waals surface area contributed by atoms with E-state index in [2.05, 4.69) is 22.0 Å². The van der Waals surface area contributed by atoms with E-state index >= 15 is 0 Å². The molecule has 0 spiro atoms. The van der Waals surface area contributed by atoms with Gasteiger partial charge in [0.1, 0.15) is 0 Å². The van der Waals surface area contributed by atoms with Gasteiger partial charge in [-0.1, -0.05) is 0 Å². The van der Waals surface area contributed by atoms with Crippen LogP contribution in [0.5, 0.6) is 0 Å². The van der Waals surface area contributed by atoms with Crippen molar-refractivity contribution in [3.63, 3.8) is 0 Å². The fourth-order valence-corrected chi connectivity index (χ4v) is 4.90. The molecule has 3 saturated heterocycles. The van der Waals surface area contributed by atoms with Gasteiger partial charge in [0, 0.05) is 12.1 Å². The second kappa shape index (κ2) is 5.94. The van der Waals surface area contributed by atoms with Gasteiger partial charge in [0.05, 0.1) is 0 Å². The maximum atomic E-state index is 3.87. The van der Waals surface area contributed by atoms with E-state index in [1.807, 2.05) is 0 Å². The van der Waals surface area contributed by atoms with Crippen molar-refractivity contribution in [1.82, 2.24) is 10.2 Å². The van der Waals surface area contributed by atoms with Crippen molar-refractivity contribution in [3.8, 4) is 0 Å². The van der Waals surface area contributed by atoms with Crippen LogP contribution in [0, 0.1) is 5.92 Å². The van der Waals surface area contributed by atoms with Crippen molar-refractivity contribution in [2.24, 2.45) is 5.92 Å². The average Bonchev–Trinajstić information content (AvgIpc) is 2.85. The molecule has 0 bridgehead atoms. The molecule has 1 N–H and O–H groups in total. The maximum Gasteiger partial charge on any atom is 0.0111 e. The molecule has 3 rings (SSSR count). The first-order valence-electron chi connectivity index (χ1n) is 7.47. The molecule has 3 heteroatoms. The molecule has 3 aliphatic rings. The van der Waals surface area contributed by atoms with Gasteiger partial charge in [0.25, 0.3) is 0 Å². The first-order chi connectivity index (χ1) is 8.42. The number of nitrogens with one attached hydrogen (secondary N) is 1. The van der Waals surface area contributed by atoms with Crippen LogP contribution >= 0.6 is 11.8 Å². The van der Waals surface area contributed by atoms with E-state index in [0.717, 1.165) is 18.0 Å². The van der Waals surface area contributed by atoms with Crippen molar-refractivity contribution >= 4 is 11.8 Å². The summed E-state index contributed by atoms with van der Waals surface area (Å²) >= 11 is 2.14. The fraction of sp³-hybridized carbons (Fsp3) is 1.00. The maximum absolute atomic E-state index is 3.87. The highest BCUT2D eigenvalue weighted by Gasteiger charge is 2.31. The highest BCUT2D eigenvalue weighted by atomic mass is 32.2. The number of rotatable bonds is 3. The molecular weight excluding hydrogens is 228 g/mol. The Hall–Kier alpha value is 0.270. The Balaban J connectivity index is 1.40. The van der Waals surface area contributed by atoms with E-state index in [1.165, 1.54) is 69.7 Å². The van der Waals surface area contributed by atoms with E-state index in [4.69, 9.17) is 0 Å². The molecule has 17 heavy (non-hydrogen) atoms. The number of fused-ring (bicyclic) bond motifs is 1. The molecule has 2 atom stereocenters. The minimum Gasteiger partial charge on any atom is -0.314 e. The fourth-order valence-electron chi connectivity index (χ4n) is 3.69. The Labute approximate surface area is 110 Å². The third-order valence-corrected chi connectivity index (χ3v) is 5.91. The molecular formula is C14H26N2S. The van der Waals surface area contributed by atoms with Crippen LogP contribution in [0.3, 0.4) is 0 Å². The van der Waals surface area contributed by atoms with Crippen molar-refractivity contribution in [2.45, 2.75) is 50.6 Å². The van der Waals surface area contributed by atoms with Gasteiger partial charge in [-0.25, -0.2) is 0 Å². The summed E-state index contributed by atoms with van der Waals surface area (Å²) in [6.45, 7) is 4.01. The summed E-state index contributed by atoms with van der Waals surface area (Å²) in [5.41, 5.74) is 0. The minimum absolute atomic E-state index is 0.823. The van der Waals surface area contributed by atoms with E-state index < -0.39 is 0 Å². The average molecular weight is 254 g/mol. The second-order valence-electron chi connectivity index (χ2n) is 6.02. The minimum atomic E-state index is 0.823. The summed E-state index contributed by atoms with van der Waals surface area (Å²) in [5, 5.41) is 3.87. The molecule has 2 unspecified atom stereocenters. The Bertz CT molecular complexity index is 240. The molecule has 0 amide bonds. The van der Waals surface area contributed by atoms with E-state index in [9.17, 15) is 0 Å². The molecule has 2 nitrogen and oxygen atoms in total. The van der Waals surface area contributed by atoms with Gasteiger partial charge >= 0.3 is 0 Å². The van der Waals surface area contributed by atoms with Crippen LogP contribution in [0.2, 0.25) is 0 Å². The number of hydrogen-bond acceptors (Lipinski definition) is 3. The first kappa shape index (κ1) is 12.3. The number of hydrogen-bond donors (Lipinski definition) is 1. The SMILES string of the molecule is C1CC2CC(NCC3CCSCC3)CCN2C1. The van der Waals surface area contributed by atoms with Crippen LogP contribution in [0.25, 0.3) is 0 Å². The van der Waals surface area contributed by atoms with Gasteiger partial charge in [-0.3, -0.25) is 0 Å². The largest absolute Gasteiger partial charge is 0.314 e. The first-order valence-corrected chi connectivity index (χ1v) is 8.62. The standard InChI is InChI=1S/C14H26N2S/c1-2-14-10-13(3-7-16(14)6-1)15-11-12-4-8-17-9-5-12/h12-15H,1-11H2. The molecule has 3 fully saturated rings. The third-order valence-electron chi connectivity index (χ3n) is 4.86.